The number of hydrogen-bond donors (Lipinski definition) is 5. The van der Waals surface area contributed by atoms with E-state index < -0.39 is 11.9 Å². The first-order valence-electron chi connectivity index (χ1n) is 6.74. The summed E-state index contributed by atoms with van der Waals surface area (Å²) in [7, 11) is 0. The summed E-state index contributed by atoms with van der Waals surface area (Å²) in [4.78, 5) is 21.5. The number of carbonyl (C=O) groups is 2. The summed E-state index contributed by atoms with van der Waals surface area (Å²) in [6.45, 7) is -0.285. The van der Waals surface area contributed by atoms with Crippen molar-refractivity contribution in [2.24, 2.45) is 0 Å². The van der Waals surface area contributed by atoms with Crippen molar-refractivity contribution in [3.05, 3.63) is 53.6 Å². The highest BCUT2D eigenvalue weighted by Gasteiger charge is 2.10. The van der Waals surface area contributed by atoms with Crippen LogP contribution in [0.1, 0.15) is 20.7 Å². The predicted molar refractivity (Wildman–Crippen MR) is 85.0 cm³/mol. The number of carbonyl (C=O) groups excluding carboxylic acids is 1. The van der Waals surface area contributed by atoms with Gasteiger partial charge in [0.2, 0.25) is 0 Å². The minimum absolute atomic E-state index is 0.0623. The standard InChI is InChI=1S/C9H10O4.C7H7NO3/c10-5-6-13-9(12)7-3-1-2-4-8(7)11;8-4-1-2-6(9)5(3-4)7(10)11/h1-4,10-11H,5-6H2;1-3,9H,8H2,(H,10,11). The number of aromatic hydroxyl groups is 2. The number of aliphatic hydroxyl groups is 1. The molecule has 0 aromatic heterocycles. The molecule has 0 spiro atoms. The van der Waals surface area contributed by atoms with Crippen molar-refractivity contribution in [2.45, 2.75) is 0 Å². The van der Waals surface area contributed by atoms with Crippen molar-refractivity contribution in [1.29, 1.82) is 0 Å². The van der Waals surface area contributed by atoms with Gasteiger partial charge >= 0.3 is 11.9 Å². The minimum Gasteiger partial charge on any atom is -0.507 e. The van der Waals surface area contributed by atoms with Crippen molar-refractivity contribution < 1.29 is 34.8 Å². The topological polar surface area (TPSA) is 150 Å². The fourth-order valence-corrected chi connectivity index (χ4v) is 1.59. The summed E-state index contributed by atoms with van der Waals surface area (Å²) < 4.78 is 4.61. The van der Waals surface area contributed by atoms with Gasteiger partial charge in [-0.1, -0.05) is 12.1 Å². The Labute approximate surface area is 137 Å². The van der Waals surface area contributed by atoms with Gasteiger partial charge in [-0.3, -0.25) is 0 Å². The average Bonchev–Trinajstić information content (AvgIpc) is 2.55. The number of carboxylic acid groups (broad SMARTS) is 1. The number of carboxylic acids is 1. The maximum atomic E-state index is 11.1. The third-order valence-electron chi connectivity index (χ3n) is 2.70. The predicted octanol–water partition coefficient (Wildman–Crippen LogP) is 1.21. The molecule has 2 rings (SSSR count). The summed E-state index contributed by atoms with van der Waals surface area (Å²) in [5, 5.41) is 35.1. The molecule has 0 radical (unpaired) electrons. The van der Waals surface area contributed by atoms with E-state index in [1.165, 1.54) is 30.3 Å². The van der Waals surface area contributed by atoms with Crippen LogP contribution in [0.2, 0.25) is 0 Å². The largest absolute Gasteiger partial charge is 0.507 e. The molecule has 128 valence electrons. The van der Waals surface area contributed by atoms with E-state index in [0.29, 0.717) is 5.69 Å². The van der Waals surface area contributed by atoms with E-state index in [9.17, 15) is 14.7 Å². The highest BCUT2D eigenvalue weighted by atomic mass is 16.5. The average molecular weight is 335 g/mol. The van der Waals surface area contributed by atoms with Crippen LogP contribution in [0.5, 0.6) is 11.5 Å². The van der Waals surface area contributed by atoms with E-state index >= 15 is 0 Å². The molecule has 2 aromatic carbocycles. The van der Waals surface area contributed by atoms with Gasteiger partial charge in [0.25, 0.3) is 0 Å². The van der Waals surface area contributed by atoms with Gasteiger partial charge in [-0.25, -0.2) is 9.59 Å². The second-order valence-corrected chi connectivity index (χ2v) is 4.46. The number of benzene rings is 2. The molecule has 0 atom stereocenters. The first-order valence-corrected chi connectivity index (χ1v) is 6.74. The van der Waals surface area contributed by atoms with E-state index in [2.05, 4.69) is 4.74 Å². The molecule has 8 heteroatoms. The van der Waals surface area contributed by atoms with Crippen molar-refractivity contribution >= 4 is 17.6 Å². The molecule has 6 N–H and O–H groups in total. The van der Waals surface area contributed by atoms with Crippen LogP contribution in [0.4, 0.5) is 5.69 Å². The van der Waals surface area contributed by atoms with Gasteiger partial charge < -0.3 is 30.9 Å². The second-order valence-electron chi connectivity index (χ2n) is 4.46. The number of aromatic carboxylic acids is 1. The van der Waals surface area contributed by atoms with E-state index in [0.717, 1.165) is 0 Å². The van der Waals surface area contributed by atoms with E-state index in [-0.39, 0.29) is 35.8 Å². The fraction of sp³-hybridized carbons (Fsp3) is 0.125. The van der Waals surface area contributed by atoms with Crippen molar-refractivity contribution in [3.8, 4) is 11.5 Å². The van der Waals surface area contributed by atoms with Crippen LogP contribution in [-0.2, 0) is 4.74 Å². The SMILES string of the molecule is Nc1ccc(O)c(C(=O)O)c1.O=C(OCCO)c1ccccc1O. The van der Waals surface area contributed by atoms with Gasteiger partial charge in [0.15, 0.2) is 0 Å². The highest BCUT2D eigenvalue weighted by molar-refractivity contribution is 5.92. The number of nitrogens with two attached hydrogens (primary N) is 1. The number of nitrogen functional groups attached to an aromatic ring is 1. The number of anilines is 1. The van der Waals surface area contributed by atoms with Crippen LogP contribution in [-0.4, -0.2) is 45.6 Å². The van der Waals surface area contributed by atoms with Crippen molar-refractivity contribution in [1.82, 2.24) is 0 Å². The zero-order valence-corrected chi connectivity index (χ0v) is 12.5. The Kier molecular flexibility index (Phi) is 7.05. The third-order valence-corrected chi connectivity index (χ3v) is 2.70. The summed E-state index contributed by atoms with van der Waals surface area (Å²) in [5.74, 6) is -2.21. The fourth-order valence-electron chi connectivity index (χ4n) is 1.59. The number of esters is 1. The molecule has 0 aliphatic heterocycles. The lowest BCUT2D eigenvalue weighted by Gasteiger charge is -2.03. The number of rotatable bonds is 4. The van der Waals surface area contributed by atoms with Crippen LogP contribution in [0, 0.1) is 0 Å². The monoisotopic (exact) mass is 335 g/mol. The number of para-hydroxylation sites is 1. The molecule has 0 saturated heterocycles. The molecule has 0 fully saturated rings. The maximum Gasteiger partial charge on any atom is 0.341 e. The Hall–Kier alpha value is -3.26. The number of aliphatic hydroxyl groups excluding tert-OH is 1. The van der Waals surface area contributed by atoms with Gasteiger partial charge in [0, 0.05) is 5.69 Å². The summed E-state index contributed by atoms with van der Waals surface area (Å²) in [6, 6.07) is 9.97. The smallest absolute Gasteiger partial charge is 0.341 e. The molecule has 0 aliphatic rings. The molecule has 0 heterocycles. The van der Waals surface area contributed by atoms with Crippen LogP contribution in [0.3, 0.4) is 0 Å². The quantitative estimate of drug-likeness (QED) is 0.318. The van der Waals surface area contributed by atoms with Crippen LogP contribution >= 0.6 is 0 Å². The van der Waals surface area contributed by atoms with Gasteiger partial charge in [0.1, 0.15) is 29.2 Å². The molecular weight excluding hydrogens is 318 g/mol. The normalized spacial score (nSPS) is 9.54. The van der Waals surface area contributed by atoms with E-state index in [1.807, 2.05) is 0 Å². The molecule has 2 aromatic rings. The lowest BCUT2D eigenvalue weighted by Crippen LogP contribution is -2.08. The number of ether oxygens (including phenoxy) is 1. The molecule has 24 heavy (non-hydrogen) atoms. The zero-order chi connectivity index (χ0) is 18.1. The third kappa shape index (κ3) is 5.50. The lowest BCUT2D eigenvalue weighted by molar-refractivity contribution is 0.0430. The second kappa shape index (κ2) is 9.01. The van der Waals surface area contributed by atoms with Gasteiger partial charge in [0.05, 0.1) is 6.61 Å². The Morgan fingerprint density at radius 3 is 2.17 bits per heavy atom. The molecule has 8 nitrogen and oxygen atoms in total. The van der Waals surface area contributed by atoms with E-state index in [1.54, 1.807) is 12.1 Å². The molecule has 0 unspecified atom stereocenters. The molecule has 0 bridgehead atoms. The Morgan fingerprint density at radius 2 is 1.62 bits per heavy atom. The lowest BCUT2D eigenvalue weighted by atomic mass is 10.2. The van der Waals surface area contributed by atoms with Gasteiger partial charge in [-0.15, -0.1) is 0 Å². The van der Waals surface area contributed by atoms with Gasteiger partial charge in [-0.2, -0.15) is 0 Å². The Balaban J connectivity index is 0.000000243. The van der Waals surface area contributed by atoms with E-state index in [4.69, 9.17) is 21.1 Å². The van der Waals surface area contributed by atoms with Gasteiger partial charge in [-0.05, 0) is 30.3 Å². The molecule has 0 saturated carbocycles. The molecule has 0 aliphatic carbocycles. The maximum absolute atomic E-state index is 11.1. The van der Waals surface area contributed by atoms with Crippen molar-refractivity contribution in [3.63, 3.8) is 0 Å². The summed E-state index contributed by atoms with van der Waals surface area (Å²) >= 11 is 0. The van der Waals surface area contributed by atoms with Crippen molar-refractivity contribution in [2.75, 3.05) is 18.9 Å². The first-order chi connectivity index (χ1) is 11.4. The number of phenols is 2. The Morgan fingerprint density at radius 1 is 1.00 bits per heavy atom. The van der Waals surface area contributed by atoms with Crippen LogP contribution in [0.15, 0.2) is 42.5 Å². The summed E-state index contributed by atoms with van der Waals surface area (Å²) in [5.41, 5.74) is 5.54. The molecular formula is C16H17NO7. The number of hydrogen-bond acceptors (Lipinski definition) is 7. The zero-order valence-electron chi connectivity index (χ0n) is 12.5. The van der Waals surface area contributed by atoms with Crippen LogP contribution in [0.25, 0.3) is 0 Å². The summed E-state index contributed by atoms with van der Waals surface area (Å²) in [6.07, 6.45) is 0. The van der Waals surface area contributed by atoms with Crippen LogP contribution < -0.4 is 5.73 Å². The first kappa shape index (κ1) is 18.8. The highest BCUT2D eigenvalue weighted by Crippen LogP contribution is 2.19. The molecule has 0 amide bonds. The Bertz CT molecular complexity index is 715. The minimum atomic E-state index is -1.19. The number of phenolic OH excluding ortho intramolecular Hbond substituents is 1.